The molecule has 10 heteroatoms. The first-order valence-corrected chi connectivity index (χ1v) is 15.1. The predicted molar refractivity (Wildman–Crippen MR) is 159 cm³/mol. The summed E-state index contributed by atoms with van der Waals surface area (Å²) in [5.41, 5.74) is 3.23. The Balaban J connectivity index is 1.10. The number of nitrogens with zero attached hydrogens (tertiary/aromatic N) is 3. The summed E-state index contributed by atoms with van der Waals surface area (Å²) in [4.78, 5) is 19.1. The van der Waals surface area contributed by atoms with E-state index >= 15 is 0 Å². The molecule has 43 heavy (non-hydrogen) atoms. The molecule has 2 fully saturated rings. The molecule has 1 N–H and O–H groups in total. The van der Waals surface area contributed by atoms with Crippen LogP contribution in [0.1, 0.15) is 72.4 Å². The van der Waals surface area contributed by atoms with Gasteiger partial charge in [-0.15, -0.1) is 0 Å². The highest BCUT2D eigenvalue weighted by Crippen LogP contribution is 2.50. The number of hydrogen-bond donors (Lipinski definition) is 1. The standard InChI is InChI=1S/C33H33ClFN3O5/c1-19(31-36-27-9-6-21(32(39)40)16-28(27)38(31)18-23-12-15-41-23)37-13-10-20(11-14-37)24-4-3-5-29-30(24)43-33(2,42-29)25-8-7-22(34)17-26(25)35/h3-9,16-17,19-20,23H,10-15,18H2,1-2H3,(H,39,40)/t19-,23-,33-/m0/s1. The number of carbonyl (C=O) groups is 1. The van der Waals surface area contributed by atoms with Crippen molar-refractivity contribution in [2.24, 2.45) is 0 Å². The van der Waals surface area contributed by atoms with Gasteiger partial charge in [-0.2, -0.15) is 0 Å². The lowest BCUT2D eigenvalue weighted by atomic mass is 9.88. The van der Waals surface area contributed by atoms with Gasteiger partial charge in [-0.3, -0.25) is 4.90 Å². The monoisotopic (exact) mass is 605 g/mol. The minimum atomic E-state index is -1.29. The first-order chi connectivity index (χ1) is 20.7. The van der Waals surface area contributed by atoms with Gasteiger partial charge in [-0.05, 0) is 87.7 Å². The Kier molecular flexibility index (Phi) is 7.07. The van der Waals surface area contributed by atoms with Gasteiger partial charge in [0.05, 0.1) is 40.9 Å². The van der Waals surface area contributed by atoms with Crippen LogP contribution in [-0.2, 0) is 17.1 Å². The largest absolute Gasteiger partial charge is 0.478 e. The molecule has 4 heterocycles. The number of imidazole rings is 1. The van der Waals surface area contributed by atoms with Gasteiger partial charge in [-0.25, -0.2) is 14.2 Å². The van der Waals surface area contributed by atoms with Gasteiger partial charge in [0.15, 0.2) is 11.5 Å². The topological polar surface area (TPSA) is 86.0 Å². The van der Waals surface area contributed by atoms with E-state index in [0.29, 0.717) is 28.6 Å². The normalized spacial score (nSPS) is 22.9. The maximum Gasteiger partial charge on any atom is 0.335 e. The number of carboxylic acids is 1. The molecule has 0 aliphatic carbocycles. The first kappa shape index (κ1) is 28.1. The molecule has 3 aromatic carbocycles. The minimum absolute atomic E-state index is 0.0268. The zero-order chi connectivity index (χ0) is 29.9. The van der Waals surface area contributed by atoms with Crippen LogP contribution in [-0.4, -0.2) is 51.3 Å². The Morgan fingerprint density at radius 1 is 1.14 bits per heavy atom. The lowest BCUT2D eigenvalue weighted by Gasteiger charge is -2.37. The predicted octanol–water partition coefficient (Wildman–Crippen LogP) is 6.90. The number of rotatable bonds is 7. The van der Waals surface area contributed by atoms with Crippen molar-refractivity contribution in [2.75, 3.05) is 19.7 Å². The molecule has 3 atom stereocenters. The lowest BCUT2D eigenvalue weighted by Crippen LogP contribution is -2.37. The van der Waals surface area contributed by atoms with E-state index in [2.05, 4.69) is 22.5 Å². The van der Waals surface area contributed by atoms with Crippen molar-refractivity contribution in [2.45, 2.75) is 63.5 Å². The maximum absolute atomic E-state index is 14.8. The summed E-state index contributed by atoms with van der Waals surface area (Å²) in [6.07, 6.45) is 2.90. The van der Waals surface area contributed by atoms with Crippen LogP contribution in [0, 0.1) is 5.82 Å². The van der Waals surface area contributed by atoms with Crippen LogP contribution < -0.4 is 9.47 Å². The summed E-state index contributed by atoms with van der Waals surface area (Å²) in [7, 11) is 0. The summed E-state index contributed by atoms with van der Waals surface area (Å²) in [5.74, 6) is -0.261. The quantitative estimate of drug-likeness (QED) is 0.245. The van der Waals surface area contributed by atoms with E-state index in [4.69, 9.17) is 30.8 Å². The highest BCUT2D eigenvalue weighted by molar-refractivity contribution is 6.30. The number of para-hydroxylation sites is 1. The van der Waals surface area contributed by atoms with E-state index in [-0.39, 0.29) is 23.6 Å². The molecule has 0 radical (unpaired) electrons. The van der Waals surface area contributed by atoms with E-state index in [1.165, 1.54) is 6.07 Å². The number of halogens is 2. The second-order valence-electron chi connectivity index (χ2n) is 11.8. The molecular formula is C33H33ClFN3O5. The minimum Gasteiger partial charge on any atom is -0.478 e. The van der Waals surface area contributed by atoms with Crippen LogP contribution in [0.2, 0.25) is 5.02 Å². The van der Waals surface area contributed by atoms with Gasteiger partial charge >= 0.3 is 5.97 Å². The lowest BCUT2D eigenvalue weighted by molar-refractivity contribution is -0.0712. The van der Waals surface area contributed by atoms with Gasteiger partial charge in [0.2, 0.25) is 0 Å². The van der Waals surface area contributed by atoms with Crippen molar-refractivity contribution in [1.82, 2.24) is 14.5 Å². The van der Waals surface area contributed by atoms with E-state index in [1.807, 2.05) is 12.1 Å². The molecule has 224 valence electrons. The molecule has 0 spiro atoms. The summed E-state index contributed by atoms with van der Waals surface area (Å²) in [6, 6.07) is 15.6. The Bertz CT molecular complexity index is 1710. The van der Waals surface area contributed by atoms with E-state index in [1.54, 1.807) is 37.3 Å². The third kappa shape index (κ3) is 5.03. The Morgan fingerprint density at radius 2 is 1.93 bits per heavy atom. The first-order valence-electron chi connectivity index (χ1n) is 14.8. The smallest absolute Gasteiger partial charge is 0.335 e. The molecule has 3 aliphatic heterocycles. The van der Waals surface area contributed by atoms with Crippen molar-refractivity contribution >= 4 is 28.6 Å². The Hall–Kier alpha value is -3.66. The number of likely N-dealkylation sites (tertiary alicyclic amines) is 1. The number of ether oxygens (including phenoxy) is 3. The third-order valence-electron chi connectivity index (χ3n) is 9.13. The molecular weight excluding hydrogens is 573 g/mol. The fourth-order valence-electron chi connectivity index (χ4n) is 6.62. The van der Waals surface area contributed by atoms with Crippen molar-refractivity contribution < 1.29 is 28.5 Å². The third-order valence-corrected chi connectivity index (χ3v) is 9.36. The van der Waals surface area contributed by atoms with Crippen LogP contribution >= 0.6 is 11.6 Å². The second-order valence-corrected chi connectivity index (χ2v) is 12.2. The zero-order valence-corrected chi connectivity index (χ0v) is 24.8. The molecule has 0 saturated carbocycles. The summed E-state index contributed by atoms with van der Waals surface area (Å²) in [6.45, 7) is 7.00. The number of piperidine rings is 1. The van der Waals surface area contributed by atoms with Crippen molar-refractivity contribution in [3.05, 3.63) is 88.0 Å². The van der Waals surface area contributed by atoms with E-state index < -0.39 is 17.6 Å². The van der Waals surface area contributed by atoms with Gasteiger partial charge < -0.3 is 23.9 Å². The van der Waals surface area contributed by atoms with Crippen LogP contribution in [0.5, 0.6) is 11.5 Å². The van der Waals surface area contributed by atoms with Gasteiger partial charge in [0.1, 0.15) is 11.6 Å². The molecule has 0 bridgehead atoms. The van der Waals surface area contributed by atoms with Crippen molar-refractivity contribution in [3.63, 3.8) is 0 Å². The van der Waals surface area contributed by atoms with Crippen molar-refractivity contribution in [1.29, 1.82) is 0 Å². The summed E-state index contributed by atoms with van der Waals surface area (Å²) >= 11 is 5.98. The number of aromatic nitrogens is 2. The second kappa shape index (κ2) is 10.8. The average molecular weight is 606 g/mol. The molecule has 0 amide bonds. The van der Waals surface area contributed by atoms with Gasteiger partial charge in [-0.1, -0.05) is 23.7 Å². The van der Waals surface area contributed by atoms with Gasteiger partial charge in [0, 0.05) is 24.1 Å². The van der Waals surface area contributed by atoms with Gasteiger partial charge in [0.25, 0.3) is 5.79 Å². The van der Waals surface area contributed by atoms with E-state index in [0.717, 1.165) is 61.4 Å². The SMILES string of the molecule is C[C@@H](c1nc2ccc(C(=O)O)cc2n1C[C@@H]1CCO1)N1CCC(c2cccc3c2O[C@@](C)(c2ccc(Cl)cc2F)O3)CC1. The van der Waals surface area contributed by atoms with Crippen LogP contribution in [0.25, 0.3) is 11.0 Å². The highest BCUT2D eigenvalue weighted by atomic mass is 35.5. The highest BCUT2D eigenvalue weighted by Gasteiger charge is 2.43. The number of carboxylic acid groups (broad SMARTS) is 1. The molecule has 4 aromatic rings. The molecule has 3 aliphatic rings. The summed E-state index contributed by atoms with van der Waals surface area (Å²) < 4.78 is 35.3. The Morgan fingerprint density at radius 3 is 2.63 bits per heavy atom. The zero-order valence-electron chi connectivity index (χ0n) is 24.1. The number of fused-ring (bicyclic) bond motifs is 2. The maximum atomic E-state index is 14.8. The molecule has 1 aromatic heterocycles. The van der Waals surface area contributed by atoms with Crippen molar-refractivity contribution in [3.8, 4) is 11.5 Å². The van der Waals surface area contributed by atoms with Crippen LogP contribution in [0.4, 0.5) is 4.39 Å². The van der Waals surface area contributed by atoms with Crippen LogP contribution in [0.3, 0.4) is 0 Å². The van der Waals surface area contributed by atoms with E-state index in [9.17, 15) is 14.3 Å². The molecule has 8 nitrogen and oxygen atoms in total. The number of hydrogen-bond acceptors (Lipinski definition) is 6. The average Bonchev–Trinajstić information content (AvgIpc) is 3.51. The number of benzene rings is 3. The fraction of sp³-hybridized carbons (Fsp3) is 0.394. The Labute approximate surface area is 253 Å². The number of aromatic carboxylic acids is 1. The fourth-order valence-corrected chi connectivity index (χ4v) is 6.77. The van der Waals surface area contributed by atoms with Crippen LogP contribution in [0.15, 0.2) is 54.6 Å². The molecule has 7 rings (SSSR count). The molecule has 2 saturated heterocycles. The summed E-state index contributed by atoms with van der Waals surface area (Å²) in [5, 5.41) is 9.90. The molecule has 0 unspecified atom stereocenters.